The average molecular weight is 145 g/mol. The Morgan fingerprint density at radius 1 is 1.56 bits per heavy atom. The number of halogens is 1. The molecule has 9 heavy (non-hydrogen) atoms. The largest absolute Gasteiger partial charge is 0.322 e. The van der Waals surface area contributed by atoms with Crippen LogP contribution < -0.4 is 5.32 Å². The Balaban J connectivity index is 3.47. The number of hydrogen-bond donors (Lipinski definition) is 1. The summed E-state index contributed by atoms with van der Waals surface area (Å²) in [4.78, 5) is 0. The second-order valence-electron chi connectivity index (χ2n) is 1.52. The molecule has 0 heterocycles. The third-order valence-electron chi connectivity index (χ3n) is 0.692. The molecule has 0 fully saturated rings. The van der Waals surface area contributed by atoms with Crippen LogP contribution in [-0.4, -0.2) is 7.05 Å². The van der Waals surface area contributed by atoms with Gasteiger partial charge in [0, 0.05) is 5.03 Å². The molecular weight excluding hydrogens is 134 g/mol. The highest BCUT2D eigenvalue weighted by Gasteiger charge is 1.71. The summed E-state index contributed by atoms with van der Waals surface area (Å²) in [6.45, 7) is 3.49. The second-order valence-corrected chi connectivity index (χ2v) is 2.01. The van der Waals surface area contributed by atoms with E-state index >= 15 is 0 Å². The molecule has 1 nitrogen and oxygen atoms in total. The molecular formula is C7H11ClN+. The van der Waals surface area contributed by atoms with Gasteiger partial charge in [-0.2, -0.15) is 0 Å². The number of allylic oxidation sites excluding steroid dienone is 4. The van der Waals surface area contributed by atoms with E-state index in [1.807, 2.05) is 30.7 Å². The normalized spacial score (nSPS) is 11.3. The highest BCUT2D eigenvalue weighted by molar-refractivity contribution is 6.30. The van der Waals surface area contributed by atoms with E-state index in [1.54, 1.807) is 6.08 Å². The van der Waals surface area contributed by atoms with Gasteiger partial charge in [0.25, 0.3) is 0 Å². The number of rotatable bonds is 3. The number of hydrogen-bond acceptors (Lipinski definition) is 0. The topological polar surface area (TPSA) is 16.6 Å². The lowest BCUT2D eigenvalue weighted by molar-refractivity contribution is -0.556. The van der Waals surface area contributed by atoms with Crippen molar-refractivity contribution in [2.75, 3.05) is 7.05 Å². The van der Waals surface area contributed by atoms with E-state index in [0.29, 0.717) is 5.03 Å². The lowest BCUT2D eigenvalue weighted by Gasteiger charge is -1.77. The van der Waals surface area contributed by atoms with Crippen molar-refractivity contribution in [1.82, 2.24) is 0 Å². The first-order valence-corrected chi connectivity index (χ1v) is 3.12. The van der Waals surface area contributed by atoms with Gasteiger partial charge in [-0.3, -0.25) is 0 Å². The molecule has 0 spiro atoms. The Hall–Kier alpha value is -0.530. The molecule has 0 aliphatic rings. The van der Waals surface area contributed by atoms with Crippen LogP contribution >= 0.6 is 11.6 Å². The van der Waals surface area contributed by atoms with Crippen LogP contribution in [0.3, 0.4) is 0 Å². The summed E-state index contributed by atoms with van der Waals surface area (Å²) in [5, 5.41) is 2.50. The lowest BCUT2D eigenvalue weighted by Crippen LogP contribution is -2.72. The molecule has 0 aliphatic carbocycles. The molecule has 0 aromatic heterocycles. The van der Waals surface area contributed by atoms with E-state index in [9.17, 15) is 0 Å². The van der Waals surface area contributed by atoms with Crippen molar-refractivity contribution in [3.05, 3.63) is 36.0 Å². The fourth-order valence-corrected chi connectivity index (χ4v) is 0.408. The lowest BCUT2D eigenvalue weighted by atomic mass is 10.5. The van der Waals surface area contributed by atoms with Crippen LogP contribution in [0.15, 0.2) is 36.0 Å². The van der Waals surface area contributed by atoms with Gasteiger partial charge in [-0.25, -0.2) is 0 Å². The maximum absolute atomic E-state index is 5.43. The van der Waals surface area contributed by atoms with E-state index in [-0.39, 0.29) is 0 Å². The third kappa shape index (κ3) is 7.47. The summed E-state index contributed by atoms with van der Waals surface area (Å²) >= 11 is 5.43. The van der Waals surface area contributed by atoms with E-state index in [2.05, 4.69) is 6.58 Å². The molecule has 0 radical (unpaired) electrons. The monoisotopic (exact) mass is 144 g/mol. The third-order valence-corrected chi connectivity index (χ3v) is 0.818. The molecule has 0 saturated carbocycles. The molecule has 2 heteroatoms. The minimum atomic E-state index is 0.552. The molecule has 0 saturated heterocycles. The first kappa shape index (κ1) is 8.47. The quantitative estimate of drug-likeness (QED) is 0.570. The Labute approximate surface area is 60.7 Å². The minimum Gasteiger partial charge on any atom is -0.322 e. The molecule has 2 N–H and O–H groups in total. The smallest absolute Gasteiger partial charge is 0.0923 e. The summed E-state index contributed by atoms with van der Waals surface area (Å²) in [5.74, 6) is 0. The van der Waals surface area contributed by atoms with Crippen molar-refractivity contribution in [3.63, 3.8) is 0 Å². The first-order valence-electron chi connectivity index (χ1n) is 2.74. The van der Waals surface area contributed by atoms with Gasteiger partial charge in [-0.1, -0.05) is 24.3 Å². The maximum Gasteiger partial charge on any atom is 0.0923 e. The van der Waals surface area contributed by atoms with Gasteiger partial charge in [0.2, 0.25) is 0 Å². The zero-order valence-corrected chi connectivity index (χ0v) is 6.23. The van der Waals surface area contributed by atoms with Crippen LogP contribution in [0, 0.1) is 0 Å². The van der Waals surface area contributed by atoms with Crippen molar-refractivity contribution >= 4 is 11.6 Å². The molecule has 0 unspecified atom stereocenters. The van der Waals surface area contributed by atoms with Gasteiger partial charge in [0.15, 0.2) is 0 Å². The molecule has 0 rings (SSSR count). The van der Waals surface area contributed by atoms with Gasteiger partial charge in [0.05, 0.1) is 13.2 Å². The molecule has 0 bridgehead atoms. The van der Waals surface area contributed by atoms with Crippen LogP contribution in [0.2, 0.25) is 0 Å². The van der Waals surface area contributed by atoms with Crippen molar-refractivity contribution in [1.29, 1.82) is 0 Å². The van der Waals surface area contributed by atoms with Crippen molar-refractivity contribution < 1.29 is 5.32 Å². The van der Waals surface area contributed by atoms with Crippen LogP contribution in [-0.2, 0) is 0 Å². The van der Waals surface area contributed by atoms with E-state index in [4.69, 9.17) is 11.6 Å². The van der Waals surface area contributed by atoms with Crippen molar-refractivity contribution in [2.45, 2.75) is 0 Å². The Kier molecular flexibility index (Phi) is 5.27. The molecule has 0 amide bonds. The molecule has 0 atom stereocenters. The standard InChI is InChI=1S/C7H10ClN/c1-7(8)5-3-4-6-9-2/h3-6,9H,1H2,2H3/p+1/b5-3-,6-4-. The zero-order valence-electron chi connectivity index (χ0n) is 5.47. The van der Waals surface area contributed by atoms with Gasteiger partial charge >= 0.3 is 0 Å². The maximum atomic E-state index is 5.43. The number of quaternary nitrogens is 1. The predicted octanol–water partition coefficient (Wildman–Crippen LogP) is 1.00. The van der Waals surface area contributed by atoms with Gasteiger partial charge in [0.1, 0.15) is 0 Å². The Morgan fingerprint density at radius 2 is 2.22 bits per heavy atom. The fraction of sp³-hybridized carbons (Fsp3) is 0.143. The molecule has 0 aromatic rings. The van der Waals surface area contributed by atoms with Crippen LogP contribution in [0.25, 0.3) is 0 Å². The zero-order chi connectivity index (χ0) is 7.11. The van der Waals surface area contributed by atoms with E-state index in [1.165, 1.54) is 0 Å². The Morgan fingerprint density at radius 3 is 2.67 bits per heavy atom. The minimum absolute atomic E-state index is 0.552. The molecule has 0 aliphatic heterocycles. The SMILES string of the molecule is C=C(Cl)/C=C\C=C/[NH2+]C. The van der Waals surface area contributed by atoms with Crippen LogP contribution in [0.4, 0.5) is 0 Å². The van der Waals surface area contributed by atoms with Gasteiger partial charge in [-0.05, 0) is 12.2 Å². The van der Waals surface area contributed by atoms with Crippen LogP contribution in [0.1, 0.15) is 0 Å². The predicted molar refractivity (Wildman–Crippen MR) is 41.1 cm³/mol. The molecule has 0 aromatic carbocycles. The highest BCUT2D eigenvalue weighted by Crippen LogP contribution is 1.96. The summed E-state index contributed by atoms with van der Waals surface area (Å²) in [6.07, 6.45) is 7.40. The van der Waals surface area contributed by atoms with Gasteiger partial charge < -0.3 is 5.32 Å². The van der Waals surface area contributed by atoms with Crippen LogP contribution in [0.5, 0.6) is 0 Å². The summed E-state index contributed by atoms with van der Waals surface area (Å²) in [5.41, 5.74) is 0. The number of nitrogens with two attached hydrogens (primary N) is 1. The Bertz CT molecular complexity index is 136. The van der Waals surface area contributed by atoms with Crippen molar-refractivity contribution in [3.8, 4) is 0 Å². The molecule has 50 valence electrons. The second kappa shape index (κ2) is 5.60. The summed E-state index contributed by atoms with van der Waals surface area (Å²) in [7, 11) is 1.96. The fourth-order valence-electron chi connectivity index (χ4n) is 0.335. The van der Waals surface area contributed by atoms with Crippen molar-refractivity contribution in [2.24, 2.45) is 0 Å². The van der Waals surface area contributed by atoms with E-state index in [0.717, 1.165) is 0 Å². The average Bonchev–Trinajstić information content (AvgIpc) is 1.80. The summed E-state index contributed by atoms with van der Waals surface area (Å²) < 4.78 is 0. The van der Waals surface area contributed by atoms with Gasteiger partial charge in [-0.15, -0.1) is 0 Å². The first-order chi connectivity index (χ1) is 4.27. The van der Waals surface area contributed by atoms with E-state index < -0.39 is 0 Å². The highest BCUT2D eigenvalue weighted by atomic mass is 35.5. The summed E-state index contributed by atoms with van der Waals surface area (Å²) in [6, 6.07) is 0.